The van der Waals surface area contributed by atoms with Crippen molar-refractivity contribution in [2.45, 2.75) is 32.2 Å². The van der Waals surface area contributed by atoms with Gasteiger partial charge in [-0.3, -0.25) is 9.69 Å². The number of carbonyl (C=O) groups excluding carboxylic acids is 2. The molecule has 0 saturated carbocycles. The van der Waals surface area contributed by atoms with Crippen molar-refractivity contribution < 1.29 is 23.8 Å². The molecule has 2 aliphatic heterocycles. The number of fused-ring (bicyclic) bond motifs is 1. The molecule has 2 aliphatic rings. The Labute approximate surface area is 163 Å². The van der Waals surface area contributed by atoms with Crippen LogP contribution >= 0.6 is 0 Å². The van der Waals surface area contributed by atoms with E-state index in [9.17, 15) is 9.59 Å². The van der Waals surface area contributed by atoms with Gasteiger partial charge in [-0.25, -0.2) is 4.79 Å². The summed E-state index contributed by atoms with van der Waals surface area (Å²) < 4.78 is 15.9. The van der Waals surface area contributed by atoms with Crippen LogP contribution in [0, 0.1) is 0 Å². The van der Waals surface area contributed by atoms with Crippen LogP contribution < -0.4 is 14.8 Å². The van der Waals surface area contributed by atoms with E-state index in [1.165, 1.54) is 0 Å². The number of rotatable bonds is 7. The number of nitrogens with zero attached hydrogens (tertiary/aromatic N) is 1. The van der Waals surface area contributed by atoms with E-state index in [0.717, 1.165) is 22.6 Å². The van der Waals surface area contributed by atoms with E-state index >= 15 is 0 Å². The van der Waals surface area contributed by atoms with Gasteiger partial charge < -0.3 is 19.5 Å². The van der Waals surface area contributed by atoms with Crippen molar-refractivity contribution in [3.8, 4) is 11.5 Å². The molecule has 28 heavy (non-hydrogen) atoms. The molecule has 0 aromatic heterocycles. The fourth-order valence-corrected chi connectivity index (χ4v) is 3.09. The summed E-state index contributed by atoms with van der Waals surface area (Å²) in [6.07, 6.45) is 0. The Kier molecular flexibility index (Phi) is 5.16. The highest BCUT2D eigenvalue weighted by molar-refractivity contribution is 5.89. The lowest BCUT2D eigenvalue weighted by molar-refractivity contribution is -0.148. The van der Waals surface area contributed by atoms with Gasteiger partial charge in [-0.1, -0.05) is 36.4 Å². The molecular formula is C21H22N2O5. The molecule has 0 bridgehead atoms. The number of nitrogens with one attached hydrogen (secondary N) is 1. The van der Waals surface area contributed by atoms with Gasteiger partial charge in [0.2, 0.25) is 12.7 Å². The Morgan fingerprint density at radius 1 is 1.14 bits per heavy atom. The fourth-order valence-electron chi connectivity index (χ4n) is 3.09. The first-order valence-electron chi connectivity index (χ1n) is 9.23. The topological polar surface area (TPSA) is 76.9 Å². The molecule has 3 unspecified atom stereocenters. The predicted octanol–water partition coefficient (Wildman–Crippen LogP) is 1.85. The van der Waals surface area contributed by atoms with Crippen molar-refractivity contribution in [3.05, 3.63) is 59.7 Å². The van der Waals surface area contributed by atoms with Gasteiger partial charge in [0.1, 0.15) is 18.7 Å². The molecule has 7 heteroatoms. The second-order valence-electron chi connectivity index (χ2n) is 6.96. The van der Waals surface area contributed by atoms with E-state index in [1.807, 2.05) is 53.4 Å². The smallest absolute Gasteiger partial charge is 0.328 e. The quantitative estimate of drug-likeness (QED) is 0.582. The third-order valence-electron chi connectivity index (χ3n) is 4.78. The minimum Gasteiger partial charge on any atom is -0.459 e. The molecule has 1 N–H and O–H groups in total. The van der Waals surface area contributed by atoms with Crippen LogP contribution in [0.1, 0.15) is 18.1 Å². The lowest BCUT2D eigenvalue weighted by Gasteiger charge is -2.13. The lowest BCUT2D eigenvalue weighted by Crippen LogP contribution is -2.42. The first-order valence-corrected chi connectivity index (χ1v) is 9.23. The number of ether oxygens (including phenoxy) is 3. The van der Waals surface area contributed by atoms with Crippen LogP contribution in [0.5, 0.6) is 11.5 Å². The molecule has 2 aromatic rings. The monoisotopic (exact) mass is 382 g/mol. The largest absolute Gasteiger partial charge is 0.459 e. The zero-order chi connectivity index (χ0) is 19.5. The molecule has 0 spiro atoms. The summed E-state index contributed by atoms with van der Waals surface area (Å²) in [5, 5.41) is 2.74. The van der Waals surface area contributed by atoms with Gasteiger partial charge in [0.25, 0.3) is 0 Å². The molecule has 3 atom stereocenters. The fraction of sp³-hybridized carbons (Fsp3) is 0.333. The maximum Gasteiger partial charge on any atom is 0.328 e. The Hall–Kier alpha value is -3.06. The standard InChI is InChI=1S/C21H22N2O5/c1-14(21(25)26-12-15-5-3-2-4-6-15)22-20(24)17-11-23(17)10-16-7-8-18-19(9-16)28-13-27-18/h2-9,14,17H,10-13H2,1H3,(H,22,24). The summed E-state index contributed by atoms with van der Waals surface area (Å²) in [6.45, 7) is 3.37. The molecule has 1 fully saturated rings. The first kappa shape index (κ1) is 18.3. The average Bonchev–Trinajstić information content (AvgIpc) is 3.31. The van der Waals surface area contributed by atoms with Crippen molar-refractivity contribution >= 4 is 11.9 Å². The SMILES string of the molecule is CC(NC(=O)C1CN1Cc1ccc2c(c1)OCO2)C(=O)OCc1ccccc1. The van der Waals surface area contributed by atoms with Gasteiger partial charge >= 0.3 is 5.97 Å². The molecule has 7 nitrogen and oxygen atoms in total. The Bertz CT molecular complexity index is 870. The molecule has 2 heterocycles. The van der Waals surface area contributed by atoms with E-state index in [-0.39, 0.29) is 25.3 Å². The van der Waals surface area contributed by atoms with Crippen LogP contribution in [0.2, 0.25) is 0 Å². The van der Waals surface area contributed by atoms with Crippen LogP contribution in [-0.4, -0.2) is 42.2 Å². The van der Waals surface area contributed by atoms with E-state index < -0.39 is 12.0 Å². The molecule has 1 amide bonds. The number of benzene rings is 2. The summed E-state index contributed by atoms with van der Waals surface area (Å²) in [7, 11) is 0. The maximum absolute atomic E-state index is 12.4. The minimum absolute atomic E-state index is 0.162. The minimum atomic E-state index is -0.691. The van der Waals surface area contributed by atoms with Gasteiger partial charge in [0, 0.05) is 13.1 Å². The third kappa shape index (κ3) is 4.26. The van der Waals surface area contributed by atoms with Crippen molar-refractivity contribution in [2.75, 3.05) is 13.3 Å². The van der Waals surface area contributed by atoms with Crippen molar-refractivity contribution in [1.82, 2.24) is 10.2 Å². The van der Waals surface area contributed by atoms with Crippen LogP contribution in [0.15, 0.2) is 48.5 Å². The van der Waals surface area contributed by atoms with Crippen molar-refractivity contribution in [3.63, 3.8) is 0 Å². The number of amides is 1. The van der Waals surface area contributed by atoms with E-state index in [4.69, 9.17) is 14.2 Å². The first-order chi connectivity index (χ1) is 13.6. The second-order valence-corrected chi connectivity index (χ2v) is 6.96. The van der Waals surface area contributed by atoms with Gasteiger partial charge in [-0.05, 0) is 30.2 Å². The molecule has 1 saturated heterocycles. The van der Waals surface area contributed by atoms with Crippen molar-refractivity contribution in [1.29, 1.82) is 0 Å². The van der Waals surface area contributed by atoms with Crippen LogP contribution in [-0.2, 0) is 27.5 Å². The number of hydrogen-bond donors (Lipinski definition) is 1. The summed E-state index contributed by atoms with van der Waals surface area (Å²) >= 11 is 0. The second kappa shape index (κ2) is 7.90. The molecule has 0 radical (unpaired) electrons. The highest BCUT2D eigenvalue weighted by Crippen LogP contribution is 2.33. The maximum atomic E-state index is 12.4. The molecule has 0 aliphatic carbocycles. The summed E-state index contributed by atoms with van der Waals surface area (Å²) in [5.74, 6) is 0.867. The van der Waals surface area contributed by atoms with Crippen LogP contribution in [0.4, 0.5) is 0 Å². The van der Waals surface area contributed by atoms with Gasteiger partial charge in [-0.2, -0.15) is 0 Å². The predicted molar refractivity (Wildman–Crippen MR) is 101 cm³/mol. The Balaban J connectivity index is 1.22. The Morgan fingerprint density at radius 3 is 2.75 bits per heavy atom. The lowest BCUT2D eigenvalue weighted by atomic mass is 10.2. The Morgan fingerprint density at radius 2 is 1.93 bits per heavy atom. The van der Waals surface area contributed by atoms with Crippen LogP contribution in [0.25, 0.3) is 0 Å². The van der Waals surface area contributed by atoms with E-state index in [1.54, 1.807) is 6.92 Å². The van der Waals surface area contributed by atoms with Crippen LogP contribution in [0.3, 0.4) is 0 Å². The highest BCUT2D eigenvalue weighted by atomic mass is 16.7. The molecule has 4 rings (SSSR count). The average molecular weight is 382 g/mol. The van der Waals surface area contributed by atoms with E-state index in [0.29, 0.717) is 13.1 Å². The van der Waals surface area contributed by atoms with Gasteiger partial charge in [0.05, 0.1) is 0 Å². The van der Waals surface area contributed by atoms with Gasteiger partial charge in [0.15, 0.2) is 11.5 Å². The molecular weight excluding hydrogens is 360 g/mol. The summed E-state index contributed by atoms with van der Waals surface area (Å²) in [6, 6.07) is 14.3. The number of esters is 1. The van der Waals surface area contributed by atoms with Gasteiger partial charge in [-0.15, -0.1) is 0 Å². The van der Waals surface area contributed by atoms with Crippen molar-refractivity contribution in [2.24, 2.45) is 0 Å². The third-order valence-corrected chi connectivity index (χ3v) is 4.78. The highest BCUT2D eigenvalue weighted by Gasteiger charge is 2.41. The van der Waals surface area contributed by atoms with E-state index in [2.05, 4.69) is 5.32 Å². The molecule has 146 valence electrons. The normalized spacial score (nSPS) is 20.3. The molecule has 2 aromatic carbocycles. The summed E-state index contributed by atoms with van der Waals surface area (Å²) in [4.78, 5) is 26.5. The number of carbonyl (C=O) groups is 2. The number of hydrogen-bond acceptors (Lipinski definition) is 6. The zero-order valence-corrected chi connectivity index (χ0v) is 15.6. The summed E-state index contributed by atoms with van der Waals surface area (Å²) in [5.41, 5.74) is 1.96. The zero-order valence-electron chi connectivity index (χ0n) is 15.6.